The van der Waals surface area contributed by atoms with Gasteiger partial charge in [-0.15, -0.1) is 0 Å². The van der Waals surface area contributed by atoms with Crippen LogP contribution in [0.4, 0.5) is 0 Å². The van der Waals surface area contributed by atoms with Gasteiger partial charge in [-0.25, -0.2) is 0 Å². The molecule has 0 aromatic rings. The fourth-order valence-electron chi connectivity index (χ4n) is 4.24. The number of nitrogens with zero attached hydrogens (tertiary/aromatic N) is 2. The second-order valence-corrected chi connectivity index (χ2v) is 6.58. The van der Waals surface area contributed by atoms with Gasteiger partial charge in [-0.05, 0) is 45.1 Å². The lowest BCUT2D eigenvalue weighted by Gasteiger charge is -2.31. The fraction of sp³-hybridized carbons (Fsp3) is 0.933. The Morgan fingerprint density at radius 2 is 1.95 bits per heavy atom. The zero-order valence-corrected chi connectivity index (χ0v) is 12.1. The summed E-state index contributed by atoms with van der Waals surface area (Å²) >= 11 is 0. The van der Waals surface area contributed by atoms with Gasteiger partial charge in [0.15, 0.2) is 0 Å². The Morgan fingerprint density at radius 1 is 1.16 bits per heavy atom. The van der Waals surface area contributed by atoms with Crippen molar-refractivity contribution in [2.24, 2.45) is 11.7 Å². The van der Waals surface area contributed by atoms with Gasteiger partial charge in [-0.3, -0.25) is 4.79 Å². The summed E-state index contributed by atoms with van der Waals surface area (Å²) in [4.78, 5) is 17.6. The molecule has 108 valence electrons. The molecule has 1 saturated carbocycles. The highest BCUT2D eigenvalue weighted by Crippen LogP contribution is 2.35. The van der Waals surface area contributed by atoms with Crippen molar-refractivity contribution < 1.29 is 4.79 Å². The number of likely N-dealkylation sites (tertiary alicyclic amines) is 1. The van der Waals surface area contributed by atoms with E-state index in [1.165, 1.54) is 12.8 Å². The first kappa shape index (κ1) is 13.4. The molecule has 4 heteroatoms. The summed E-state index contributed by atoms with van der Waals surface area (Å²) in [7, 11) is 0. The van der Waals surface area contributed by atoms with E-state index < -0.39 is 0 Å². The second kappa shape index (κ2) is 5.41. The highest BCUT2D eigenvalue weighted by atomic mass is 16.2. The number of likely N-dealkylation sites (N-methyl/N-ethyl adjacent to an activating group) is 1. The maximum absolute atomic E-state index is 12.8. The molecule has 2 bridgehead atoms. The van der Waals surface area contributed by atoms with E-state index >= 15 is 0 Å². The third-order valence-electron chi connectivity index (χ3n) is 5.39. The normalized spacial score (nSPS) is 39.6. The molecule has 2 saturated heterocycles. The van der Waals surface area contributed by atoms with Gasteiger partial charge >= 0.3 is 0 Å². The minimum Gasteiger partial charge on any atom is -0.335 e. The molecule has 4 atom stereocenters. The predicted molar refractivity (Wildman–Crippen MR) is 75.7 cm³/mol. The van der Waals surface area contributed by atoms with Crippen molar-refractivity contribution in [2.45, 2.75) is 63.6 Å². The zero-order valence-electron chi connectivity index (χ0n) is 12.1. The number of carbonyl (C=O) groups excluding carboxylic acids is 1. The highest BCUT2D eigenvalue weighted by molar-refractivity contribution is 5.80. The van der Waals surface area contributed by atoms with Gasteiger partial charge in [0.1, 0.15) is 0 Å². The topological polar surface area (TPSA) is 49.6 Å². The number of fused-ring (bicyclic) bond motifs is 2. The van der Waals surface area contributed by atoms with E-state index in [1.54, 1.807) is 0 Å². The van der Waals surface area contributed by atoms with E-state index in [1.807, 2.05) is 0 Å². The van der Waals surface area contributed by atoms with Crippen LogP contribution in [0.5, 0.6) is 0 Å². The van der Waals surface area contributed by atoms with Crippen molar-refractivity contribution in [1.82, 2.24) is 9.80 Å². The third kappa shape index (κ3) is 2.52. The average molecular weight is 265 g/mol. The van der Waals surface area contributed by atoms with Crippen LogP contribution >= 0.6 is 0 Å². The summed E-state index contributed by atoms with van der Waals surface area (Å²) in [6, 6.07) is 1.23. The van der Waals surface area contributed by atoms with Gasteiger partial charge in [0.25, 0.3) is 0 Å². The van der Waals surface area contributed by atoms with Gasteiger partial charge in [0, 0.05) is 37.1 Å². The zero-order chi connectivity index (χ0) is 13.4. The Kier molecular flexibility index (Phi) is 3.81. The average Bonchev–Trinajstić information content (AvgIpc) is 2.92. The van der Waals surface area contributed by atoms with Crippen molar-refractivity contribution in [1.29, 1.82) is 0 Å². The quantitative estimate of drug-likeness (QED) is 0.816. The smallest absolute Gasteiger partial charge is 0.226 e. The molecule has 4 unspecified atom stereocenters. The summed E-state index contributed by atoms with van der Waals surface area (Å²) in [5.41, 5.74) is 5.97. The van der Waals surface area contributed by atoms with E-state index in [0.29, 0.717) is 18.0 Å². The van der Waals surface area contributed by atoms with E-state index in [2.05, 4.69) is 16.7 Å². The SMILES string of the molecule is CCN1CCC2CCC(C1)N2C(=O)C1CCC(N)C1. The van der Waals surface area contributed by atoms with Crippen LogP contribution in [0.25, 0.3) is 0 Å². The van der Waals surface area contributed by atoms with Crippen LogP contribution in [0.2, 0.25) is 0 Å². The summed E-state index contributed by atoms with van der Waals surface area (Å²) in [6.45, 7) is 5.57. The molecule has 3 rings (SSSR count). The summed E-state index contributed by atoms with van der Waals surface area (Å²) < 4.78 is 0. The Morgan fingerprint density at radius 3 is 2.63 bits per heavy atom. The minimum atomic E-state index is 0.214. The van der Waals surface area contributed by atoms with Crippen LogP contribution in [-0.2, 0) is 4.79 Å². The maximum atomic E-state index is 12.8. The number of nitrogens with two attached hydrogens (primary N) is 1. The van der Waals surface area contributed by atoms with E-state index in [-0.39, 0.29) is 12.0 Å². The highest BCUT2D eigenvalue weighted by Gasteiger charge is 2.42. The first-order valence-electron chi connectivity index (χ1n) is 7.99. The van der Waals surface area contributed by atoms with Crippen LogP contribution < -0.4 is 5.73 Å². The molecule has 0 aromatic heterocycles. The molecule has 1 aliphatic carbocycles. The molecule has 2 heterocycles. The molecule has 0 spiro atoms. The van der Waals surface area contributed by atoms with E-state index in [4.69, 9.17) is 5.73 Å². The van der Waals surface area contributed by atoms with Crippen LogP contribution in [0.3, 0.4) is 0 Å². The Bertz CT molecular complexity index is 346. The lowest BCUT2D eigenvalue weighted by Crippen LogP contribution is -2.45. The largest absolute Gasteiger partial charge is 0.335 e. The molecular formula is C15H27N3O. The Balaban J connectivity index is 1.71. The van der Waals surface area contributed by atoms with Gasteiger partial charge in [0.2, 0.25) is 5.91 Å². The van der Waals surface area contributed by atoms with Gasteiger partial charge in [-0.2, -0.15) is 0 Å². The fourth-order valence-corrected chi connectivity index (χ4v) is 4.24. The molecule has 4 nitrogen and oxygen atoms in total. The molecule has 2 N–H and O–H groups in total. The first-order valence-corrected chi connectivity index (χ1v) is 7.99. The molecule has 2 aliphatic heterocycles. The summed E-state index contributed by atoms with van der Waals surface area (Å²) in [5, 5.41) is 0. The van der Waals surface area contributed by atoms with Crippen LogP contribution in [0.15, 0.2) is 0 Å². The van der Waals surface area contributed by atoms with E-state index in [0.717, 1.165) is 45.3 Å². The number of carbonyl (C=O) groups is 1. The summed E-state index contributed by atoms with van der Waals surface area (Å²) in [5.74, 6) is 0.629. The molecule has 3 aliphatic rings. The number of hydrogen-bond donors (Lipinski definition) is 1. The standard InChI is InChI=1S/C15H27N3O/c1-2-17-8-7-13-5-6-14(10-17)18(13)15(19)11-3-4-12(16)9-11/h11-14H,2-10,16H2,1H3. The molecule has 19 heavy (non-hydrogen) atoms. The minimum absolute atomic E-state index is 0.214. The van der Waals surface area contributed by atoms with Gasteiger partial charge < -0.3 is 15.5 Å². The number of rotatable bonds is 2. The van der Waals surface area contributed by atoms with Crippen molar-refractivity contribution in [3.8, 4) is 0 Å². The lowest BCUT2D eigenvalue weighted by atomic mass is 10.0. The van der Waals surface area contributed by atoms with Gasteiger partial charge in [-0.1, -0.05) is 6.92 Å². The van der Waals surface area contributed by atoms with Crippen molar-refractivity contribution in [3.63, 3.8) is 0 Å². The predicted octanol–water partition coefficient (Wildman–Crippen LogP) is 1.20. The maximum Gasteiger partial charge on any atom is 0.226 e. The first-order chi connectivity index (χ1) is 9.19. The van der Waals surface area contributed by atoms with Crippen LogP contribution in [0.1, 0.15) is 45.4 Å². The molecule has 0 aromatic carbocycles. The van der Waals surface area contributed by atoms with Crippen molar-refractivity contribution in [3.05, 3.63) is 0 Å². The molecular weight excluding hydrogens is 238 g/mol. The molecule has 1 amide bonds. The molecule has 0 radical (unpaired) electrons. The monoisotopic (exact) mass is 265 g/mol. The van der Waals surface area contributed by atoms with Crippen molar-refractivity contribution >= 4 is 5.91 Å². The summed E-state index contributed by atoms with van der Waals surface area (Å²) in [6.07, 6.45) is 6.52. The number of amides is 1. The number of hydrogen-bond acceptors (Lipinski definition) is 3. The van der Waals surface area contributed by atoms with Gasteiger partial charge in [0.05, 0.1) is 0 Å². The van der Waals surface area contributed by atoms with E-state index in [9.17, 15) is 4.79 Å². The van der Waals surface area contributed by atoms with Crippen molar-refractivity contribution in [2.75, 3.05) is 19.6 Å². The Hall–Kier alpha value is -0.610. The van der Waals surface area contributed by atoms with Crippen LogP contribution in [-0.4, -0.2) is 53.5 Å². The van der Waals surface area contributed by atoms with Crippen LogP contribution in [0, 0.1) is 5.92 Å². The molecule has 3 fully saturated rings. The third-order valence-corrected chi connectivity index (χ3v) is 5.39. The lowest BCUT2D eigenvalue weighted by molar-refractivity contribution is -0.138. The second-order valence-electron chi connectivity index (χ2n) is 6.58. The Labute approximate surface area is 116 Å².